The van der Waals surface area contributed by atoms with Crippen molar-refractivity contribution in [2.45, 2.75) is 6.42 Å². The lowest BCUT2D eigenvalue weighted by molar-refractivity contribution is 0.0953. The van der Waals surface area contributed by atoms with Crippen LogP contribution in [0.15, 0.2) is 60.9 Å². The number of anilines is 2. The van der Waals surface area contributed by atoms with Gasteiger partial charge in [-0.05, 0) is 36.2 Å². The van der Waals surface area contributed by atoms with E-state index in [4.69, 9.17) is 23.2 Å². The molecule has 2 aromatic carbocycles. The van der Waals surface area contributed by atoms with Crippen LogP contribution >= 0.6 is 23.2 Å². The summed E-state index contributed by atoms with van der Waals surface area (Å²) >= 11 is 12.0. The lowest BCUT2D eigenvalue weighted by Crippen LogP contribution is -2.26. The van der Waals surface area contributed by atoms with Gasteiger partial charge >= 0.3 is 0 Å². The van der Waals surface area contributed by atoms with Crippen molar-refractivity contribution in [3.63, 3.8) is 0 Å². The Balaban J connectivity index is 1.53. The molecule has 26 heavy (non-hydrogen) atoms. The standard InChI is InChI=1S/C19H16Cl2N4O/c20-15-7-6-13(17(21)10-15)8-9-22-18(26)14-11-23-19(24-12-14)25-16-4-2-1-3-5-16/h1-7,10-12H,8-9H2,(H,22,26)(H,23,24,25). The lowest BCUT2D eigenvalue weighted by atomic mass is 10.1. The van der Waals surface area contributed by atoms with E-state index in [1.54, 1.807) is 12.1 Å². The van der Waals surface area contributed by atoms with E-state index in [1.165, 1.54) is 12.4 Å². The Labute approximate surface area is 161 Å². The average molecular weight is 387 g/mol. The van der Waals surface area contributed by atoms with E-state index < -0.39 is 0 Å². The number of nitrogens with one attached hydrogen (secondary N) is 2. The predicted molar refractivity (Wildman–Crippen MR) is 104 cm³/mol. The second-order valence-electron chi connectivity index (χ2n) is 5.53. The van der Waals surface area contributed by atoms with Gasteiger partial charge in [0.05, 0.1) is 5.56 Å². The first-order chi connectivity index (χ1) is 12.6. The summed E-state index contributed by atoms with van der Waals surface area (Å²) in [5, 5.41) is 7.07. The van der Waals surface area contributed by atoms with Crippen LogP contribution in [-0.4, -0.2) is 22.4 Å². The number of nitrogens with zero attached hydrogens (tertiary/aromatic N) is 2. The molecule has 1 aromatic heterocycles. The third-order valence-electron chi connectivity index (χ3n) is 3.64. The molecule has 7 heteroatoms. The van der Waals surface area contributed by atoms with Gasteiger partial charge in [-0.1, -0.05) is 47.5 Å². The van der Waals surface area contributed by atoms with Crippen molar-refractivity contribution >= 4 is 40.7 Å². The molecule has 3 aromatic rings. The number of halogens is 2. The highest BCUT2D eigenvalue weighted by Gasteiger charge is 2.08. The quantitative estimate of drug-likeness (QED) is 0.654. The zero-order chi connectivity index (χ0) is 18.4. The molecule has 0 fully saturated rings. The third kappa shape index (κ3) is 4.94. The van der Waals surface area contributed by atoms with Crippen molar-refractivity contribution in [1.82, 2.24) is 15.3 Å². The van der Waals surface area contributed by atoms with Crippen molar-refractivity contribution in [3.05, 3.63) is 82.1 Å². The van der Waals surface area contributed by atoms with E-state index in [0.29, 0.717) is 34.5 Å². The van der Waals surface area contributed by atoms with Gasteiger partial charge < -0.3 is 10.6 Å². The van der Waals surface area contributed by atoms with E-state index in [0.717, 1.165) is 11.3 Å². The molecule has 0 saturated carbocycles. The molecule has 0 unspecified atom stereocenters. The second-order valence-corrected chi connectivity index (χ2v) is 6.37. The maximum atomic E-state index is 12.2. The van der Waals surface area contributed by atoms with Crippen molar-refractivity contribution in [2.24, 2.45) is 0 Å². The lowest BCUT2D eigenvalue weighted by Gasteiger charge is -2.08. The minimum Gasteiger partial charge on any atom is -0.352 e. The van der Waals surface area contributed by atoms with Crippen LogP contribution in [0.1, 0.15) is 15.9 Å². The summed E-state index contributed by atoms with van der Waals surface area (Å²) in [6.07, 6.45) is 3.59. The Morgan fingerprint density at radius 3 is 2.42 bits per heavy atom. The summed E-state index contributed by atoms with van der Waals surface area (Å²) in [6, 6.07) is 14.9. The Kier molecular flexibility index (Phi) is 6.04. The monoisotopic (exact) mass is 386 g/mol. The van der Waals surface area contributed by atoms with Gasteiger partial charge in [-0.25, -0.2) is 9.97 Å². The Hall–Kier alpha value is -2.63. The Morgan fingerprint density at radius 2 is 1.73 bits per heavy atom. The highest BCUT2D eigenvalue weighted by molar-refractivity contribution is 6.35. The summed E-state index contributed by atoms with van der Waals surface area (Å²) in [5.74, 6) is 0.196. The van der Waals surface area contributed by atoms with Crippen LogP contribution in [0.5, 0.6) is 0 Å². The molecule has 0 saturated heterocycles. The Bertz CT molecular complexity index is 886. The molecule has 1 amide bonds. The zero-order valence-electron chi connectivity index (χ0n) is 13.7. The van der Waals surface area contributed by atoms with Crippen LogP contribution < -0.4 is 10.6 Å². The number of carbonyl (C=O) groups is 1. The van der Waals surface area contributed by atoms with Crippen LogP contribution in [0.3, 0.4) is 0 Å². The molecule has 0 atom stereocenters. The molecule has 0 radical (unpaired) electrons. The topological polar surface area (TPSA) is 66.9 Å². The minimum atomic E-state index is -0.235. The summed E-state index contributed by atoms with van der Waals surface area (Å²) in [7, 11) is 0. The van der Waals surface area contributed by atoms with E-state index in [1.807, 2.05) is 36.4 Å². The van der Waals surface area contributed by atoms with Crippen molar-refractivity contribution in [3.8, 4) is 0 Å². The third-order valence-corrected chi connectivity index (χ3v) is 4.23. The highest BCUT2D eigenvalue weighted by atomic mass is 35.5. The number of rotatable bonds is 6. The average Bonchev–Trinajstić information content (AvgIpc) is 2.65. The van der Waals surface area contributed by atoms with Crippen LogP contribution in [0.4, 0.5) is 11.6 Å². The largest absolute Gasteiger partial charge is 0.352 e. The van der Waals surface area contributed by atoms with Gasteiger partial charge in [0.15, 0.2) is 0 Å². The molecule has 0 aliphatic rings. The maximum absolute atomic E-state index is 12.2. The minimum absolute atomic E-state index is 0.235. The summed E-state index contributed by atoms with van der Waals surface area (Å²) in [4.78, 5) is 20.5. The van der Waals surface area contributed by atoms with Crippen LogP contribution in [0.25, 0.3) is 0 Å². The molecule has 132 valence electrons. The van der Waals surface area contributed by atoms with E-state index >= 15 is 0 Å². The number of carbonyl (C=O) groups excluding carboxylic acids is 1. The van der Waals surface area contributed by atoms with Gasteiger partial charge in [0.2, 0.25) is 5.95 Å². The summed E-state index contributed by atoms with van der Waals surface area (Å²) in [5.41, 5.74) is 2.20. The number of hydrogen-bond acceptors (Lipinski definition) is 4. The van der Waals surface area contributed by atoms with Crippen molar-refractivity contribution < 1.29 is 4.79 Å². The first kappa shape index (κ1) is 18.2. The van der Waals surface area contributed by atoms with Gasteiger partial charge in [-0.2, -0.15) is 0 Å². The maximum Gasteiger partial charge on any atom is 0.254 e. The molecule has 0 spiro atoms. The van der Waals surface area contributed by atoms with Gasteiger partial charge in [0.25, 0.3) is 5.91 Å². The second kappa shape index (κ2) is 8.65. The van der Waals surface area contributed by atoms with Gasteiger partial charge in [-0.15, -0.1) is 0 Å². The van der Waals surface area contributed by atoms with Crippen LogP contribution in [0.2, 0.25) is 10.0 Å². The molecule has 1 heterocycles. The predicted octanol–water partition coefficient (Wildman–Crippen LogP) is 4.50. The molecular formula is C19H16Cl2N4O. The Morgan fingerprint density at radius 1 is 1.00 bits per heavy atom. The zero-order valence-corrected chi connectivity index (χ0v) is 15.3. The van der Waals surface area contributed by atoms with Crippen molar-refractivity contribution in [2.75, 3.05) is 11.9 Å². The number of benzene rings is 2. The first-order valence-electron chi connectivity index (χ1n) is 7.98. The normalized spacial score (nSPS) is 10.4. The molecule has 0 aliphatic carbocycles. The SMILES string of the molecule is O=C(NCCc1ccc(Cl)cc1Cl)c1cnc(Nc2ccccc2)nc1. The van der Waals surface area contributed by atoms with Crippen LogP contribution in [-0.2, 0) is 6.42 Å². The van der Waals surface area contributed by atoms with Gasteiger partial charge in [0.1, 0.15) is 0 Å². The number of amides is 1. The van der Waals surface area contributed by atoms with Crippen molar-refractivity contribution in [1.29, 1.82) is 0 Å². The van der Waals surface area contributed by atoms with E-state index in [2.05, 4.69) is 20.6 Å². The van der Waals surface area contributed by atoms with E-state index in [-0.39, 0.29) is 5.91 Å². The van der Waals surface area contributed by atoms with Gasteiger partial charge in [0, 0.05) is 34.7 Å². The fraction of sp³-hybridized carbons (Fsp3) is 0.105. The fourth-order valence-electron chi connectivity index (χ4n) is 2.30. The number of hydrogen-bond donors (Lipinski definition) is 2. The molecule has 3 rings (SSSR count). The van der Waals surface area contributed by atoms with E-state index in [9.17, 15) is 4.79 Å². The molecule has 5 nitrogen and oxygen atoms in total. The summed E-state index contributed by atoms with van der Waals surface area (Å²) in [6.45, 7) is 0.449. The fourth-order valence-corrected chi connectivity index (χ4v) is 2.80. The molecular weight excluding hydrogens is 371 g/mol. The smallest absolute Gasteiger partial charge is 0.254 e. The highest BCUT2D eigenvalue weighted by Crippen LogP contribution is 2.21. The van der Waals surface area contributed by atoms with Gasteiger partial charge in [-0.3, -0.25) is 4.79 Å². The summed E-state index contributed by atoms with van der Waals surface area (Å²) < 4.78 is 0. The molecule has 0 aliphatic heterocycles. The number of para-hydroxylation sites is 1. The van der Waals surface area contributed by atoms with Crippen LogP contribution in [0, 0.1) is 0 Å². The number of aromatic nitrogens is 2. The molecule has 2 N–H and O–H groups in total. The first-order valence-corrected chi connectivity index (χ1v) is 8.73. The molecule has 0 bridgehead atoms.